The zero-order valence-electron chi connectivity index (χ0n) is 16.6. The van der Waals surface area contributed by atoms with Crippen molar-refractivity contribution >= 4 is 0 Å². The fourth-order valence-electron chi connectivity index (χ4n) is 2.74. The molecule has 0 heterocycles. The zero-order chi connectivity index (χ0) is 20.4. The predicted octanol–water partition coefficient (Wildman–Crippen LogP) is 1.95. The van der Waals surface area contributed by atoms with Crippen LogP contribution in [0.25, 0.3) is 0 Å². The highest BCUT2D eigenvalue weighted by Crippen LogP contribution is 2.28. The Hall–Kier alpha value is -2.48. The van der Waals surface area contributed by atoms with E-state index in [0.717, 1.165) is 11.3 Å². The van der Waals surface area contributed by atoms with E-state index >= 15 is 0 Å². The van der Waals surface area contributed by atoms with Crippen molar-refractivity contribution in [1.29, 1.82) is 0 Å². The van der Waals surface area contributed by atoms with Crippen LogP contribution in [0.15, 0.2) is 42.5 Å². The van der Waals surface area contributed by atoms with E-state index in [4.69, 9.17) is 24.1 Å². The molecule has 7 nitrogen and oxygen atoms in total. The lowest BCUT2D eigenvalue weighted by atomic mass is 10.2. The number of hydrogen-bond donors (Lipinski definition) is 2. The van der Waals surface area contributed by atoms with Gasteiger partial charge in [-0.3, -0.25) is 4.90 Å². The molecule has 0 radical (unpaired) electrons. The smallest absolute Gasteiger partial charge is 0.161 e. The van der Waals surface area contributed by atoms with Crippen molar-refractivity contribution in [3.8, 4) is 23.0 Å². The molecule has 0 saturated carbocycles. The summed E-state index contributed by atoms with van der Waals surface area (Å²) in [7, 11) is 5.12. The fourth-order valence-corrected chi connectivity index (χ4v) is 2.74. The van der Waals surface area contributed by atoms with Gasteiger partial charge in [-0.05, 0) is 49.0 Å². The molecule has 1 atom stereocenters. The Labute approximate surface area is 166 Å². The van der Waals surface area contributed by atoms with Crippen LogP contribution in [0.1, 0.15) is 5.56 Å². The summed E-state index contributed by atoms with van der Waals surface area (Å²) in [4.78, 5) is 2.01. The van der Waals surface area contributed by atoms with Crippen molar-refractivity contribution in [2.75, 3.05) is 47.6 Å². The first kappa shape index (κ1) is 21.8. The van der Waals surface area contributed by atoms with Gasteiger partial charge in [0.2, 0.25) is 0 Å². The van der Waals surface area contributed by atoms with E-state index in [1.807, 2.05) is 54.4 Å². The highest BCUT2D eigenvalue weighted by atomic mass is 16.5. The third-order valence-corrected chi connectivity index (χ3v) is 4.05. The molecular weight excluding hydrogens is 362 g/mol. The molecule has 0 aromatic heterocycles. The van der Waals surface area contributed by atoms with Crippen molar-refractivity contribution in [1.82, 2.24) is 4.90 Å². The molecule has 0 saturated heterocycles. The fraction of sp³-hybridized carbons (Fsp3) is 0.429. The lowest BCUT2D eigenvalue weighted by Crippen LogP contribution is -2.32. The molecule has 0 bridgehead atoms. The molecule has 2 aromatic carbocycles. The van der Waals surface area contributed by atoms with E-state index in [0.29, 0.717) is 30.3 Å². The van der Waals surface area contributed by atoms with Crippen LogP contribution in [0.3, 0.4) is 0 Å². The Balaban J connectivity index is 1.82. The summed E-state index contributed by atoms with van der Waals surface area (Å²) >= 11 is 0. The van der Waals surface area contributed by atoms with E-state index in [-0.39, 0.29) is 19.8 Å². The topological polar surface area (TPSA) is 80.6 Å². The summed E-state index contributed by atoms with van der Waals surface area (Å²) in [6.07, 6.45) is -0.624. The van der Waals surface area contributed by atoms with Gasteiger partial charge < -0.3 is 29.2 Å². The van der Waals surface area contributed by atoms with Gasteiger partial charge in [0, 0.05) is 13.1 Å². The second-order valence-electron chi connectivity index (χ2n) is 6.39. The summed E-state index contributed by atoms with van der Waals surface area (Å²) < 4.78 is 21.5. The maximum atomic E-state index is 10.2. The van der Waals surface area contributed by atoms with Crippen LogP contribution in [0.2, 0.25) is 0 Å². The van der Waals surface area contributed by atoms with Gasteiger partial charge in [0.05, 0.1) is 20.8 Å². The highest BCUT2D eigenvalue weighted by Gasteiger charge is 2.12. The van der Waals surface area contributed by atoms with Crippen molar-refractivity contribution in [2.24, 2.45) is 0 Å². The summed E-state index contributed by atoms with van der Waals surface area (Å²) in [5.41, 5.74) is 1.03. The molecule has 154 valence electrons. The zero-order valence-corrected chi connectivity index (χ0v) is 16.6. The normalized spacial score (nSPS) is 11.9. The van der Waals surface area contributed by atoms with Gasteiger partial charge in [-0.2, -0.15) is 0 Å². The average Bonchev–Trinajstić information content (AvgIpc) is 2.71. The quantitative estimate of drug-likeness (QED) is 0.572. The lowest BCUT2D eigenvalue weighted by Gasteiger charge is -2.21. The number of hydrogen-bond acceptors (Lipinski definition) is 7. The molecule has 7 heteroatoms. The molecular formula is C21H29NO6. The number of aliphatic hydroxyl groups excluding tert-OH is 2. The highest BCUT2D eigenvalue weighted by molar-refractivity contribution is 5.43. The van der Waals surface area contributed by atoms with Gasteiger partial charge in [-0.15, -0.1) is 0 Å². The molecule has 2 aromatic rings. The Morgan fingerprint density at radius 2 is 1.64 bits per heavy atom. The minimum atomic E-state index is -0.624. The molecule has 0 spiro atoms. The van der Waals surface area contributed by atoms with Gasteiger partial charge >= 0.3 is 0 Å². The van der Waals surface area contributed by atoms with E-state index in [1.165, 1.54) is 0 Å². The predicted molar refractivity (Wildman–Crippen MR) is 106 cm³/mol. The second-order valence-corrected chi connectivity index (χ2v) is 6.39. The molecule has 28 heavy (non-hydrogen) atoms. The number of methoxy groups -OCH3 is 2. The van der Waals surface area contributed by atoms with Crippen LogP contribution in [-0.4, -0.2) is 68.8 Å². The van der Waals surface area contributed by atoms with Crippen molar-refractivity contribution in [3.05, 3.63) is 48.0 Å². The lowest BCUT2D eigenvalue weighted by molar-refractivity contribution is 0.0743. The number of likely N-dealkylation sites (N-methyl/N-ethyl adjacent to an activating group) is 1. The number of rotatable bonds is 12. The molecule has 0 unspecified atom stereocenters. The van der Waals surface area contributed by atoms with E-state index in [2.05, 4.69) is 0 Å². The maximum Gasteiger partial charge on any atom is 0.161 e. The number of benzene rings is 2. The van der Waals surface area contributed by atoms with Crippen molar-refractivity contribution in [3.63, 3.8) is 0 Å². The van der Waals surface area contributed by atoms with Crippen LogP contribution in [0.4, 0.5) is 0 Å². The third kappa shape index (κ3) is 6.92. The minimum absolute atomic E-state index is 0.0515. The summed E-state index contributed by atoms with van der Waals surface area (Å²) in [6, 6.07) is 12.9. The Morgan fingerprint density at radius 1 is 0.929 bits per heavy atom. The first-order valence-electron chi connectivity index (χ1n) is 9.09. The molecule has 0 aliphatic carbocycles. The number of nitrogens with zero attached hydrogens (tertiary/aromatic N) is 1. The standard InChI is InChI=1S/C21H29NO6/c1-22(13-16-4-9-20(27-11-10-23)21(12-16)26-3)14-17(24)15-28-19-7-5-18(25-2)6-8-19/h4-9,12,17,23-24H,10-11,13-15H2,1-3H3/t17-/m1/s1. The SMILES string of the molecule is COc1ccc(OC[C@H](O)CN(C)Cc2ccc(OCCO)c(OC)c2)cc1. The minimum Gasteiger partial charge on any atom is -0.497 e. The van der Waals surface area contributed by atoms with Crippen LogP contribution < -0.4 is 18.9 Å². The second kappa shape index (κ2) is 11.4. The Morgan fingerprint density at radius 3 is 2.29 bits per heavy atom. The first-order chi connectivity index (χ1) is 13.5. The molecule has 2 N–H and O–H groups in total. The van der Waals surface area contributed by atoms with Crippen LogP contribution in [-0.2, 0) is 6.54 Å². The van der Waals surface area contributed by atoms with Crippen LogP contribution in [0, 0.1) is 0 Å². The van der Waals surface area contributed by atoms with E-state index in [9.17, 15) is 5.11 Å². The van der Waals surface area contributed by atoms with Crippen LogP contribution in [0.5, 0.6) is 23.0 Å². The number of aliphatic hydroxyl groups is 2. The Bertz CT molecular complexity index is 707. The van der Waals surface area contributed by atoms with Gasteiger partial charge in [0.25, 0.3) is 0 Å². The van der Waals surface area contributed by atoms with E-state index < -0.39 is 6.10 Å². The largest absolute Gasteiger partial charge is 0.497 e. The molecule has 2 rings (SSSR count). The third-order valence-electron chi connectivity index (χ3n) is 4.05. The van der Waals surface area contributed by atoms with E-state index in [1.54, 1.807) is 14.2 Å². The van der Waals surface area contributed by atoms with Gasteiger partial charge in [0.1, 0.15) is 30.8 Å². The maximum absolute atomic E-state index is 10.2. The molecule has 0 fully saturated rings. The monoisotopic (exact) mass is 391 g/mol. The first-order valence-corrected chi connectivity index (χ1v) is 9.09. The summed E-state index contributed by atoms with van der Waals surface area (Å²) in [5, 5.41) is 19.1. The average molecular weight is 391 g/mol. The van der Waals surface area contributed by atoms with Crippen molar-refractivity contribution < 1.29 is 29.2 Å². The molecule has 0 aliphatic heterocycles. The van der Waals surface area contributed by atoms with Gasteiger partial charge in [-0.25, -0.2) is 0 Å². The van der Waals surface area contributed by atoms with Crippen molar-refractivity contribution in [2.45, 2.75) is 12.6 Å². The summed E-state index contributed by atoms with van der Waals surface area (Å²) in [6.45, 7) is 1.46. The molecule has 0 aliphatic rings. The Kier molecular flexibility index (Phi) is 8.87. The van der Waals surface area contributed by atoms with Crippen LogP contribution >= 0.6 is 0 Å². The summed E-state index contributed by atoms with van der Waals surface area (Å²) in [5.74, 6) is 2.65. The number of ether oxygens (including phenoxy) is 4. The van der Waals surface area contributed by atoms with Gasteiger partial charge in [-0.1, -0.05) is 6.07 Å². The van der Waals surface area contributed by atoms with Gasteiger partial charge in [0.15, 0.2) is 11.5 Å². The molecule has 0 amide bonds.